The number of hydrazine groups is 1. The van der Waals surface area contributed by atoms with Crippen molar-refractivity contribution in [3.63, 3.8) is 0 Å². The number of hydrogen-bond acceptors (Lipinski definition) is 2. The summed E-state index contributed by atoms with van der Waals surface area (Å²) in [5, 5.41) is 0. The fourth-order valence-electron chi connectivity index (χ4n) is 2.01. The molecule has 3 N–H and O–H groups in total. The first-order chi connectivity index (χ1) is 9.49. The summed E-state index contributed by atoms with van der Waals surface area (Å²) in [6, 6.07) is 9.02. The van der Waals surface area contributed by atoms with Crippen molar-refractivity contribution in [3.05, 3.63) is 67.2 Å². The summed E-state index contributed by atoms with van der Waals surface area (Å²) >= 11 is 5.32. The summed E-state index contributed by atoms with van der Waals surface area (Å²) in [5.74, 6) is 4.99. The third-order valence-corrected chi connectivity index (χ3v) is 4.29. The molecule has 1 unspecified atom stereocenters. The first-order valence-electron chi connectivity index (χ1n) is 5.85. The topological polar surface area (TPSA) is 38.0 Å². The molecule has 0 heterocycles. The Morgan fingerprint density at radius 1 is 1.15 bits per heavy atom. The number of nitrogens with one attached hydrogen (secondary N) is 1. The van der Waals surface area contributed by atoms with Crippen LogP contribution in [0.5, 0.6) is 0 Å². The van der Waals surface area contributed by atoms with Gasteiger partial charge in [-0.3, -0.25) is 11.3 Å². The molecular formula is C14H12BrF2IN2. The lowest BCUT2D eigenvalue weighted by molar-refractivity contribution is 0.543. The molecule has 0 bridgehead atoms. The summed E-state index contributed by atoms with van der Waals surface area (Å²) in [7, 11) is 0. The van der Waals surface area contributed by atoms with E-state index in [1.54, 1.807) is 6.07 Å². The first-order valence-corrected chi connectivity index (χ1v) is 7.73. The fraction of sp³-hybridized carbons (Fsp3) is 0.143. The summed E-state index contributed by atoms with van der Waals surface area (Å²) in [5.41, 5.74) is 4.39. The van der Waals surface area contributed by atoms with Gasteiger partial charge in [-0.15, -0.1) is 0 Å². The van der Waals surface area contributed by atoms with Crippen LogP contribution in [-0.2, 0) is 6.42 Å². The van der Waals surface area contributed by atoms with Gasteiger partial charge in [0.05, 0.1) is 6.04 Å². The number of halogens is 4. The van der Waals surface area contributed by atoms with Crippen LogP contribution in [0, 0.1) is 15.2 Å². The van der Waals surface area contributed by atoms with Crippen LogP contribution in [0.2, 0.25) is 0 Å². The molecule has 0 aliphatic rings. The molecule has 0 aromatic heterocycles. The summed E-state index contributed by atoms with van der Waals surface area (Å²) in [6.07, 6.45) is 0.508. The quantitative estimate of drug-likeness (QED) is 0.416. The zero-order valence-corrected chi connectivity index (χ0v) is 14.1. The van der Waals surface area contributed by atoms with Gasteiger partial charge in [0.25, 0.3) is 0 Å². The van der Waals surface area contributed by atoms with Crippen LogP contribution in [0.3, 0.4) is 0 Å². The molecule has 0 spiro atoms. The minimum absolute atomic E-state index is 0.212. The van der Waals surface area contributed by atoms with Crippen LogP contribution in [0.25, 0.3) is 0 Å². The van der Waals surface area contributed by atoms with E-state index in [0.29, 0.717) is 10.9 Å². The van der Waals surface area contributed by atoms with Gasteiger partial charge in [0.1, 0.15) is 11.6 Å². The largest absolute Gasteiger partial charge is 0.271 e. The zero-order chi connectivity index (χ0) is 14.7. The van der Waals surface area contributed by atoms with Gasteiger partial charge in [0.2, 0.25) is 0 Å². The molecule has 2 aromatic rings. The van der Waals surface area contributed by atoms with Crippen molar-refractivity contribution in [3.8, 4) is 0 Å². The Hall–Kier alpha value is -0.570. The normalized spacial score (nSPS) is 12.4. The summed E-state index contributed by atoms with van der Waals surface area (Å²) in [4.78, 5) is 0. The minimum Gasteiger partial charge on any atom is -0.271 e. The molecule has 20 heavy (non-hydrogen) atoms. The van der Waals surface area contributed by atoms with Crippen LogP contribution in [-0.4, -0.2) is 0 Å². The second-order valence-electron chi connectivity index (χ2n) is 4.37. The molecule has 2 nitrogen and oxygen atoms in total. The lowest BCUT2D eigenvalue weighted by atomic mass is 9.99. The Morgan fingerprint density at radius 3 is 2.50 bits per heavy atom. The molecule has 0 saturated heterocycles. The number of rotatable bonds is 4. The molecule has 0 saturated carbocycles. The molecule has 6 heteroatoms. The number of hydrogen-bond donors (Lipinski definition) is 2. The van der Waals surface area contributed by atoms with Gasteiger partial charge < -0.3 is 0 Å². The molecule has 106 valence electrons. The van der Waals surface area contributed by atoms with Crippen molar-refractivity contribution in [2.24, 2.45) is 5.84 Å². The van der Waals surface area contributed by atoms with Gasteiger partial charge in [-0.25, -0.2) is 8.78 Å². The molecule has 2 aromatic carbocycles. The molecule has 0 aliphatic heterocycles. The number of benzene rings is 2. The van der Waals surface area contributed by atoms with E-state index >= 15 is 0 Å². The molecule has 2 rings (SSSR count). The monoisotopic (exact) mass is 452 g/mol. The highest BCUT2D eigenvalue weighted by Crippen LogP contribution is 2.25. The molecule has 0 aliphatic carbocycles. The van der Waals surface area contributed by atoms with Crippen molar-refractivity contribution in [2.45, 2.75) is 12.5 Å². The van der Waals surface area contributed by atoms with Gasteiger partial charge in [0.15, 0.2) is 0 Å². The third kappa shape index (κ3) is 3.97. The Bertz CT molecular complexity index is 602. The molecule has 0 radical (unpaired) electrons. The maximum atomic E-state index is 13.4. The van der Waals surface area contributed by atoms with Gasteiger partial charge in [-0.2, -0.15) is 0 Å². The van der Waals surface area contributed by atoms with Crippen molar-refractivity contribution in [2.75, 3.05) is 0 Å². The Kier molecular flexibility index (Phi) is 5.48. The van der Waals surface area contributed by atoms with E-state index in [-0.39, 0.29) is 17.7 Å². The lowest BCUT2D eigenvalue weighted by Gasteiger charge is -2.18. The molecule has 1 atom stereocenters. The van der Waals surface area contributed by atoms with E-state index in [4.69, 9.17) is 5.84 Å². The number of nitrogens with two attached hydrogens (primary N) is 1. The Balaban J connectivity index is 2.28. The Labute approximate surface area is 138 Å². The molecule has 0 fully saturated rings. The average Bonchev–Trinajstić information content (AvgIpc) is 2.35. The van der Waals surface area contributed by atoms with Crippen LogP contribution in [0.4, 0.5) is 8.78 Å². The predicted octanol–water partition coefficient (Wildman–Crippen LogP) is 4.08. The SMILES string of the molecule is NNC(Cc1cc(F)cc(Br)c1)c1ccc(F)cc1I. The summed E-state index contributed by atoms with van der Waals surface area (Å²) in [6.45, 7) is 0. The van der Waals surface area contributed by atoms with E-state index < -0.39 is 0 Å². The van der Waals surface area contributed by atoms with E-state index in [9.17, 15) is 8.78 Å². The van der Waals surface area contributed by atoms with Crippen molar-refractivity contribution >= 4 is 38.5 Å². The van der Waals surface area contributed by atoms with Crippen LogP contribution in [0.15, 0.2) is 40.9 Å². The van der Waals surface area contributed by atoms with E-state index in [1.165, 1.54) is 24.3 Å². The average molecular weight is 453 g/mol. The highest BCUT2D eigenvalue weighted by Gasteiger charge is 2.15. The highest BCUT2D eigenvalue weighted by molar-refractivity contribution is 14.1. The lowest BCUT2D eigenvalue weighted by Crippen LogP contribution is -2.30. The van der Waals surface area contributed by atoms with E-state index in [0.717, 1.165) is 14.7 Å². The predicted molar refractivity (Wildman–Crippen MR) is 87.0 cm³/mol. The van der Waals surface area contributed by atoms with Crippen molar-refractivity contribution < 1.29 is 8.78 Å². The van der Waals surface area contributed by atoms with Gasteiger partial charge >= 0.3 is 0 Å². The minimum atomic E-state index is -0.307. The zero-order valence-electron chi connectivity index (χ0n) is 10.3. The maximum absolute atomic E-state index is 13.4. The van der Waals surface area contributed by atoms with Gasteiger partial charge in [-0.1, -0.05) is 22.0 Å². The maximum Gasteiger partial charge on any atom is 0.124 e. The second-order valence-corrected chi connectivity index (χ2v) is 6.44. The standard InChI is InChI=1S/C14H12BrF2IN2/c15-9-3-8(4-11(17)6-9)5-14(20-19)12-2-1-10(16)7-13(12)18/h1-4,6-7,14,20H,5,19H2. The summed E-state index contributed by atoms with van der Waals surface area (Å²) < 4.78 is 28.0. The van der Waals surface area contributed by atoms with Crippen LogP contribution in [0.1, 0.15) is 17.2 Å². The van der Waals surface area contributed by atoms with Crippen LogP contribution < -0.4 is 11.3 Å². The van der Waals surface area contributed by atoms with Gasteiger partial charge in [0, 0.05) is 8.04 Å². The third-order valence-electron chi connectivity index (χ3n) is 2.90. The molecule has 0 amide bonds. The second kappa shape index (κ2) is 6.93. The first kappa shape index (κ1) is 15.8. The Morgan fingerprint density at radius 2 is 1.90 bits per heavy atom. The van der Waals surface area contributed by atoms with E-state index in [2.05, 4.69) is 43.9 Å². The van der Waals surface area contributed by atoms with Crippen molar-refractivity contribution in [1.29, 1.82) is 0 Å². The van der Waals surface area contributed by atoms with Crippen LogP contribution >= 0.6 is 38.5 Å². The van der Waals surface area contributed by atoms with Gasteiger partial charge in [-0.05, 0) is 70.5 Å². The fourth-order valence-corrected chi connectivity index (χ4v) is 3.37. The van der Waals surface area contributed by atoms with E-state index in [1.807, 2.05) is 6.07 Å². The smallest absolute Gasteiger partial charge is 0.124 e. The molecular weight excluding hydrogens is 441 g/mol. The van der Waals surface area contributed by atoms with Crippen molar-refractivity contribution in [1.82, 2.24) is 5.43 Å². The highest BCUT2D eigenvalue weighted by atomic mass is 127.